The van der Waals surface area contributed by atoms with Crippen molar-refractivity contribution in [2.75, 3.05) is 4.90 Å². The first-order chi connectivity index (χ1) is 19.2. The Labute approximate surface area is 229 Å². The first-order valence-electron chi connectivity index (χ1n) is 13.1. The van der Waals surface area contributed by atoms with E-state index in [1.807, 2.05) is 18.2 Å². The minimum atomic E-state index is -2.52. The second-order valence-corrected chi connectivity index (χ2v) is 14.6. The lowest BCUT2D eigenvalue weighted by atomic mass is 9.92. The molecule has 0 fully saturated rings. The molecule has 3 aliphatic rings. The van der Waals surface area contributed by atoms with Crippen molar-refractivity contribution in [1.82, 2.24) is 0 Å². The van der Waals surface area contributed by atoms with Crippen LogP contribution in [0.5, 0.6) is 23.0 Å². The molecule has 5 heteroatoms. The maximum Gasteiger partial charge on any atom is 0.146 e. The SMILES string of the molecule is S=P12c3c4cccc3Oc3c1c(c1ccc5cccc6ccc3c1c65)N(c1ccccc1)c1cccc(c12)O4. The number of fused-ring (bicyclic) bond motifs is 2. The van der Waals surface area contributed by atoms with E-state index in [0.717, 1.165) is 61.4 Å². The van der Waals surface area contributed by atoms with Gasteiger partial charge >= 0.3 is 0 Å². The van der Waals surface area contributed by atoms with Crippen LogP contribution >= 0.6 is 6.04 Å². The molecule has 39 heavy (non-hydrogen) atoms. The van der Waals surface area contributed by atoms with E-state index in [0.29, 0.717) is 0 Å². The van der Waals surface area contributed by atoms with Gasteiger partial charge in [-0.3, -0.25) is 0 Å². The lowest BCUT2D eigenvalue weighted by Gasteiger charge is -2.46. The van der Waals surface area contributed by atoms with Crippen LogP contribution in [0.1, 0.15) is 0 Å². The molecule has 0 N–H and O–H groups in total. The molecule has 0 radical (unpaired) electrons. The molecule has 1 atom stereocenters. The summed E-state index contributed by atoms with van der Waals surface area (Å²) in [5.41, 5.74) is 3.32. The highest BCUT2D eigenvalue weighted by atomic mass is 32.4. The van der Waals surface area contributed by atoms with Crippen LogP contribution in [-0.4, -0.2) is 0 Å². The van der Waals surface area contributed by atoms with Crippen molar-refractivity contribution in [3.63, 3.8) is 0 Å². The molecular formula is C34H18NO2PS. The Morgan fingerprint density at radius 1 is 0.538 bits per heavy atom. The summed E-state index contributed by atoms with van der Waals surface area (Å²) in [6, 6.07) is 36.0. The van der Waals surface area contributed by atoms with E-state index < -0.39 is 6.04 Å². The molecule has 0 aliphatic carbocycles. The van der Waals surface area contributed by atoms with Crippen molar-refractivity contribution in [2.45, 2.75) is 0 Å². The van der Waals surface area contributed by atoms with Crippen molar-refractivity contribution in [3.05, 3.63) is 109 Å². The number of ether oxygens (including phenoxy) is 2. The van der Waals surface area contributed by atoms with Gasteiger partial charge in [-0.05, 0) is 58.6 Å². The highest BCUT2D eigenvalue weighted by Gasteiger charge is 2.50. The molecule has 7 aromatic rings. The zero-order chi connectivity index (χ0) is 25.5. The zero-order valence-corrected chi connectivity index (χ0v) is 22.2. The summed E-state index contributed by atoms with van der Waals surface area (Å²) in [6.45, 7) is 0. The van der Waals surface area contributed by atoms with Crippen LogP contribution in [-0.2, 0) is 11.8 Å². The third kappa shape index (κ3) is 2.27. The normalized spacial score (nSPS) is 17.8. The number of benzene rings is 7. The van der Waals surface area contributed by atoms with E-state index in [4.69, 9.17) is 21.3 Å². The predicted molar refractivity (Wildman–Crippen MR) is 165 cm³/mol. The Hall–Kier alpha value is -4.37. The predicted octanol–water partition coefficient (Wildman–Crippen LogP) is 8.33. The number of nitrogens with zero attached hydrogens (tertiary/aromatic N) is 1. The van der Waals surface area contributed by atoms with Crippen molar-refractivity contribution < 1.29 is 9.47 Å². The number of rotatable bonds is 1. The molecule has 0 saturated heterocycles. The Kier molecular flexibility index (Phi) is 3.58. The monoisotopic (exact) mass is 535 g/mol. The number of anilines is 3. The summed E-state index contributed by atoms with van der Waals surface area (Å²) in [6.07, 6.45) is 0. The molecule has 3 heterocycles. The molecule has 10 rings (SSSR count). The van der Waals surface area contributed by atoms with Crippen molar-refractivity contribution in [1.29, 1.82) is 0 Å². The lowest BCUT2D eigenvalue weighted by Crippen LogP contribution is -2.42. The van der Waals surface area contributed by atoms with Gasteiger partial charge in [0.2, 0.25) is 0 Å². The second kappa shape index (κ2) is 6.79. The minimum absolute atomic E-state index is 0.815. The van der Waals surface area contributed by atoms with E-state index in [1.165, 1.54) is 26.9 Å². The smallest absolute Gasteiger partial charge is 0.146 e. The van der Waals surface area contributed by atoms with E-state index in [1.54, 1.807) is 0 Å². The summed E-state index contributed by atoms with van der Waals surface area (Å²) in [5, 5.41) is 10.6. The van der Waals surface area contributed by atoms with Gasteiger partial charge in [-0.25, -0.2) is 0 Å². The van der Waals surface area contributed by atoms with Gasteiger partial charge in [-0.1, -0.05) is 78.5 Å². The summed E-state index contributed by atoms with van der Waals surface area (Å²) in [4.78, 5) is 2.39. The van der Waals surface area contributed by atoms with Crippen LogP contribution in [0.15, 0.2) is 109 Å². The van der Waals surface area contributed by atoms with Crippen molar-refractivity contribution >= 4 is 83.1 Å². The quantitative estimate of drug-likeness (QED) is 0.156. The van der Waals surface area contributed by atoms with Crippen molar-refractivity contribution in [2.24, 2.45) is 0 Å². The Morgan fingerprint density at radius 3 is 2.00 bits per heavy atom. The van der Waals surface area contributed by atoms with Crippen LogP contribution in [0.3, 0.4) is 0 Å². The van der Waals surface area contributed by atoms with Crippen LogP contribution in [0.2, 0.25) is 0 Å². The zero-order valence-electron chi connectivity index (χ0n) is 20.5. The largest absolute Gasteiger partial charge is 0.456 e. The fourth-order valence-electron chi connectivity index (χ4n) is 7.05. The van der Waals surface area contributed by atoms with Gasteiger partial charge in [-0.2, -0.15) is 0 Å². The lowest BCUT2D eigenvalue weighted by molar-refractivity contribution is 0.469. The molecule has 0 spiro atoms. The van der Waals surface area contributed by atoms with Gasteiger partial charge in [0.1, 0.15) is 23.0 Å². The van der Waals surface area contributed by atoms with Crippen LogP contribution in [0, 0.1) is 0 Å². The average Bonchev–Trinajstić information content (AvgIpc) is 2.97. The number of hydrogen-bond acceptors (Lipinski definition) is 4. The average molecular weight is 536 g/mol. The summed E-state index contributed by atoms with van der Waals surface area (Å²) in [7, 11) is 0. The molecular weight excluding hydrogens is 517 g/mol. The van der Waals surface area contributed by atoms with Gasteiger partial charge in [0.15, 0.2) is 0 Å². The maximum atomic E-state index is 6.97. The Balaban J connectivity index is 1.51. The molecule has 3 nitrogen and oxygen atoms in total. The molecule has 1 unspecified atom stereocenters. The number of hydrogen-bond donors (Lipinski definition) is 0. The molecule has 7 aromatic carbocycles. The van der Waals surface area contributed by atoms with Gasteiger partial charge < -0.3 is 14.4 Å². The fourth-order valence-corrected chi connectivity index (χ4v) is 12.1. The van der Waals surface area contributed by atoms with Gasteiger partial charge in [0.05, 0.1) is 33.3 Å². The highest BCUT2D eigenvalue weighted by molar-refractivity contribution is 8.26. The molecule has 0 aromatic heterocycles. The fraction of sp³-hybridized carbons (Fsp3) is 0. The van der Waals surface area contributed by atoms with Crippen molar-refractivity contribution in [3.8, 4) is 23.0 Å². The topological polar surface area (TPSA) is 21.7 Å². The van der Waals surface area contributed by atoms with Crippen LogP contribution in [0.25, 0.3) is 32.3 Å². The maximum absolute atomic E-state index is 6.97. The van der Waals surface area contributed by atoms with E-state index in [2.05, 4.69) is 95.9 Å². The molecule has 0 amide bonds. The van der Waals surface area contributed by atoms with Crippen LogP contribution < -0.4 is 30.3 Å². The minimum Gasteiger partial charge on any atom is -0.456 e. The van der Waals surface area contributed by atoms with E-state index >= 15 is 0 Å². The molecule has 0 saturated carbocycles. The first kappa shape index (κ1) is 20.6. The second-order valence-electron chi connectivity index (χ2n) is 10.4. The van der Waals surface area contributed by atoms with E-state index in [-0.39, 0.29) is 0 Å². The standard InChI is InChI=1S/C34H18NO2PS/c39-38-32-24-11-5-12-25(32)36-26-13-6-14-27(33(26)38)37-31-23-18-16-20-8-4-7-19-15-17-22(29(23)28(19)20)30(34(31)38)35(24)21-9-2-1-3-10-21/h1-18H. The summed E-state index contributed by atoms with van der Waals surface area (Å²) < 4.78 is 13.5. The molecule has 182 valence electrons. The van der Waals surface area contributed by atoms with Gasteiger partial charge in [-0.15, -0.1) is 0 Å². The van der Waals surface area contributed by atoms with Gasteiger partial charge in [0.25, 0.3) is 0 Å². The molecule has 0 bridgehead atoms. The third-order valence-electron chi connectivity index (χ3n) is 8.51. The number of para-hydroxylation sites is 1. The first-order valence-corrected chi connectivity index (χ1v) is 15.9. The molecule has 3 aliphatic heterocycles. The van der Waals surface area contributed by atoms with E-state index in [9.17, 15) is 0 Å². The Morgan fingerprint density at radius 2 is 1.21 bits per heavy atom. The summed E-state index contributed by atoms with van der Waals surface area (Å²) in [5.74, 6) is 3.38. The van der Waals surface area contributed by atoms with Crippen LogP contribution in [0.4, 0.5) is 17.1 Å². The Bertz CT molecular complexity index is 2260. The third-order valence-corrected chi connectivity index (χ3v) is 13.3. The highest BCUT2D eigenvalue weighted by Crippen LogP contribution is 2.67. The summed E-state index contributed by atoms with van der Waals surface area (Å²) >= 11 is 6.97. The van der Waals surface area contributed by atoms with Gasteiger partial charge in [0, 0.05) is 21.8 Å².